The highest BCUT2D eigenvalue weighted by molar-refractivity contribution is 7.89. The second kappa shape index (κ2) is 10.6. The number of carbonyl (C=O) groups is 1. The zero-order valence-corrected chi connectivity index (χ0v) is 18.3. The second-order valence-electron chi connectivity index (χ2n) is 7.66. The van der Waals surface area contributed by atoms with Crippen LogP contribution in [0, 0.1) is 6.92 Å². The quantitative estimate of drug-likeness (QED) is 0.600. The number of rotatable bonds is 9. The summed E-state index contributed by atoms with van der Waals surface area (Å²) in [5, 5.41) is 2.83. The summed E-state index contributed by atoms with van der Waals surface area (Å²) in [6, 6.07) is 14.3. The minimum atomic E-state index is -3.45. The second-order valence-corrected chi connectivity index (χ2v) is 9.60. The van der Waals surface area contributed by atoms with Gasteiger partial charge in [0.05, 0.1) is 11.5 Å². The smallest absolute Gasteiger partial charge is 0.243 e. The van der Waals surface area contributed by atoms with Crippen molar-refractivity contribution in [3.05, 3.63) is 54.1 Å². The Balaban J connectivity index is 1.41. The van der Waals surface area contributed by atoms with Crippen LogP contribution in [0.2, 0.25) is 0 Å². The van der Waals surface area contributed by atoms with Crippen molar-refractivity contribution in [1.82, 2.24) is 4.31 Å². The number of amides is 1. The van der Waals surface area contributed by atoms with Gasteiger partial charge in [-0.15, -0.1) is 0 Å². The van der Waals surface area contributed by atoms with Crippen molar-refractivity contribution in [2.45, 2.75) is 50.3 Å². The standard InChI is InChI=1S/C23H30N2O4S/c1-19-8-7-9-21(18-19)29-17-6-3-10-23(26)24-20-11-13-22(14-12-20)30(27,28)25-15-4-2-5-16-25/h7-9,11-14,18H,2-6,10,15-17H2,1H3,(H,24,26). The summed E-state index contributed by atoms with van der Waals surface area (Å²) in [6.45, 7) is 3.75. The van der Waals surface area contributed by atoms with Gasteiger partial charge in [0, 0.05) is 25.2 Å². The lowest BCUT2D eigenvalue weighted by Crippen LogP contribution is -2.35. The van der Waals surface area contributed by atoms with Gasteiger partial charge >= 0.3 is 0 Å². The zero-order valence-electron chi connectivity index (χ0n) is 17.5. The van der Waals surface area contributed by atoms with Crippen molar-refractivity contribution in [1.29, 1.82) is 0 Å². The molecule has 1 fully saturated rings. The maximum absolute atomic E-state index is 12.7. The molecular formula is C23H30N2O4S. The number of ether oxygens (including phenoxy) is 1. The van der Waals surface area contributed by atoms with Crippen LogP contribution in [-0.4, -0.2) is 38.3 Å². The van der Waals surface area contributed by atoms with Crippen molar-refractivity contribution < 1.29 is 17.9 Å². The molecule has 0 radical (unpaired) electrons. The Bertz CT molecular complexity index is 936. The van der Waals surface area contributed by atoms with Gasteiger partial charge in [-0.3, -0.25) is 4.79 Å². The third-order valence-corrected chi connectivity index (χ3v) is 7.06. The van der Waals surface area contributed by atoms with Gasteiger partial charge in [-0.25, -0.2) is 8.42 Å². The summed E-state index contributed by atoms with van der Waals surface area (Å²) in [5.74, 6) is 0.760. The van der Waals surface area contributed by atoms with E-state index < -0.39 is 10.0 Å². The highest BCUT2D eigenvalue weighted by Gasteiger charge is 2.25. The first-order valence-electron chi connectivity index (χ1n) is 10.5. The molecule has 0 bridgehead atoms. The van der Waals surface area contributed by atoms with Gasteiger partial charge < -0.3 is 10.1 Å². The van der Waals surface area contributed by atoms with E-state index in [0.717, 1.165) is 43.4 Å². The van der Waals surface area contributed by atoms with Crippen LogP contribution in [0.25, 0.3) is 0 Å². The molecule has 0 aliphatic carbocycles. The zero-order chi connectivity index (χ0) is 21.4. The molecule has 7 heteroatoms. The van der Waals surface area contributed by atoms with Gasteiger partial charge in [-0.1, -0.05) is 18.6 Å². The molecule has 2 aromatic carbocycles. The highest BCUT2D eigenvalue weighted by atomic mass is 32.2. The van der Waals surface area contributed by atoms with Crippen LogP contribution in [0.5, 0.6) is 5.75 Å². The van der Waals surface area contributed by atoms with E-state index in [1.807, 2.05) is 31.2 Å². The predicted octanol–water partition coefficient (Wildman–Crippen LogP) is 4.36. The molecule has 0 atom stereocenters. The van der Waals surface area contributed by atoms with Crippen LogP contribution in [-0.2, 0) is 14.8 Å². The minimum Gasteiger partial charge on any atom is -0.494 e. The molecule has 1 aliphatic rings. The van der Waals surface area contributed by atoms with Crippen molar-refractivity contribution >= 4 is 21.6 Å². The largest absolute Gasteiger partial charge is 0.494 e. The van der Waals surface area contributed by atoms with Gasteiger partial charge in [0.2, 0.25) is 15.9 Å². The highest BCUT2D eigenvalue weighted by Crippen LogP contribution is 2.22. The van der Waals surface area contributed by atoms with Gasteiger partial charge in [0.15, 0.2) is 0 Å². The normalized spacial score (nSPS) is 15.0. The molecule has 0 spiro atoms. The van der Waals surface area contributed by atoms with E-state index in [9.17, 15) is 13.2 Å². The van der Waals surface area contributed by atoms with E-state index in [1.54, 1.807) is 28.6 Å². The number of hydrogen-bond acceptors (Lipinski definition) is 4. The van der Waals surface area contributed by atoms with E-state index in [1.165, 1.54) is 0 Å². The Kier molecular flexibility index (Phi) is 7.87. The number of sulfonamides is 1. The summed E-state index contributed by atoms with van der Waals surface area (Å²) < 4.78 is 32.6. The number of hydrogen-bond donors (Lipinski definition) is 1. The molecular weight excluding hydrogens is 400 g/mol. The summed E-state index contributed by atoms with van der Waals surface area (Å²) >= 11 is 0. The first-order chi connectivity index (χ1) is 14.4. The Morgan fingerprint density at radius 3 is 2.47 bits per heavy atom. The lowest BCUT2D eigenvalue weighted by Gasteiger charge is -2.25. The molecule has 2 aromatic rings. The Morgan fingerprint density at radius 2 is 1.77 bits per heavy atom. The van der Waals surface area contributed by atoms with Crippen LogP contribution in [0.3, 0.4) is 0 Å². The van der Waals surface area contributed by atoms with Crippen LogP contribution >= 0.6 is 0 Å². The van der Waals surface area contributed by atoms with E-state index in [-0.39, 0.29) is 10.8 Å². The Labute approximate surface area is 179 Å². The Hall–Kier alpha value is -2.38. The molecule has 3 rings (SSSR count). The third kappa shape index (κ3) is 6.31. The number of nitrogens with one attached hydrogen (secondary N) is 1. The molecule has 1 N–H and O–H groups in total. The number of piperidine rings is 1. The van der Waals surface area contributed by atoms with Crippen LogP contribution < -0.4 is 10.1 Å². The van der Waals surface area contributed by atoms with Crippen molar-refractivity contribution in [3.63, 3.8) is 0 Å². The number of unbranched alkanes of at least 4 members (excludes halogenated alkanes) is 1. The van der Waals surface area contributed by atoms with E-state index in [0.29, 0.717) is 31.8 Å². The molecule has 0 aromatic heterocycles. The minimum absolute atomic E-state index is 0.0859. The van der Waals surface area contributed by atoms with Gasteiger partial charge in [-0.05, 0) is 74.6 Å². The molecule has 1 aliphatic heterocycles. The summed E-state index contributed by atoms with van der Waals surface area (Å²) in [5.41, 5.74) is 1.76. The monoisotopic (exact) mass is 430 g/mol. The summed E-state index contributed by atoms with van der Waals surface area (Å²) in [4.78, 5) is 12.4. The summed E-state index contributed by atoms with van der Waals surface area (Å²) in [6.07, 6.45) is 4.79. The number of aryl methyl sites for hydroxylation is 1. The maximum Gasteiger partial charge on any atom is 0.243 e. The van der Waals surface area contributed by atoms with Crippen molar-refractivity contribution in [3.8, 4) is 5.75 Å². The van der Waals surface area contributed by atoms with E-state index in [2.05, 4.69) is 5.32 Å². The molecule has 1 saturated heterocycles. The molecule has 30 heavy (non-hydrogen) atoms. The lowest BCUT2D eigenvalue weighted by molar-refractivity contribution is -0.116. The fourth-order valence-electron chi connectivity index (χ4n) is 3.47. The van der Waals surface area contributed by atoms with Crippen molar-refractivity contribution in [2.75, 3.05) is 25.0 Å². The fraction of sp³-hybridized carbons (Fsp3) is 0.435. The summed E-state index contributed by atoms with van der Waals surface area (Å²) in [7, 11) is -3.45. The Morgan fingerprint density at radius 1 is 1.03 bits per heavy atom. The molecule has 162 valence electrons. The van der Waals surface area contributed by atoms with Crippen LogP contribution in [0.4, 0.5) is 5.69 Å². The molecule has 1 amide bonds. The molecule has 1 heterocycles. The third-order valence-electron chi connectivity index (χ3n) is 5.15. The van der Waals surface area contributed by atoms with E-state index in [4.69, 9.17) is 4.74 Å². The SMILES string of the molecule is Cc1cccc(OCCCCC(=O)Nc2ccc(S(=O)(=O)N3CCCCC3)cc2)c1. The van der Waals surface area contributed by atoms with Gasteiger partial charge in [0.25, 0.3) is 0 Å². The molecule has 0 saturated carbocycles. The molecule has 0 unspecified atom stereocenters. The fourth-order valence-corrected chi connectivity index (χ4v) is 4.99. The average Bonchev–Trinajstić information content (AvgIpc) is 2.74. The maximum atomic E-state index is 12.7. The van der Waals surface area contributed by atoms with E-state index >= 15 is 0 Å². The molecule has 6 nitrogen and oxygen atoms in total. The number of anilines is 1. The lowest BCUT2D eigenvalue weighted by atomic mass is 10.2. The average molecular weight is 431 g/mol. The van der Waals surface area contributed by atoms with Crippen LogP contribution in [0.1, 0.15) is 44.1 Å². The van der Waals surface area contributed by atoms with Gasteiger partial charge in [-0.2, -0.15) is 4.31 Å². The van der Waals surface area contributed by atoms with Gasteiger partial charge in [0.1, 0.15) is 5.75 Å². The topological polar surface area (TPSA) is 75.7 Å². The number of nitrogens with zero attached hydrogens (tertiary/aromatic N) is 1. The first kappa shape index (κ1) is 22.3. The van der Waals surface area contributed by atoms with Crippen LogP contribution in [0.15, 0.2) is 53.4 Å². The van der Waals surface area contributed by atoms with Crippen molar-refractivity contribution in [2.24, 2.45) is 0 Å². The first-order valence-corrected chi connectivity index (χ1v) is 12.0. The number of carbonyl (C=O) groups excluding carboxylic acids is 1. The predicted molar refractivity (Wildman–Crippen MR) is 118 cm³/mol. The number of benzene rings is 2.